The molecule has 1 amide bonds. The topological polar surface area (TPSA) is 70.9 Å². The number of ether oxygens (including phenoxy) is 1. The van der Waals surface area contributed by atoms with Crippen molar-refractivity contribution in [3.8, 4) is 11.5 Å². The minimum atomic E-state index is -0.364. The van der Waals surface area contributed by atoms with Crippen LogP contribution in [0.15, 0.2) is 77.9 Å². The first-order chi connectivity index (χ1) is 13.1. The van der Waals surface area contributed by atoms with Crippen molar-refractivity contribution in [3.05, 3.63) is 94.5 Å². The van der Waals surface area contributed by atoms with Crippen LogP contribution in [-0.4, -0.2) is 17.2 Å². The third kappa shape index (κ3) is 5.33. The summed E-state index contributed by atoms with van der Waals surface area (Å²) < 4.78 is 5.76. The molecule has 136 valence electrons. The van der Waals surface area contributed by atoms with Gasteiger partial charge < -0.3 is 9.84 Å². The Hall–Kier alpha value is -3.31. The summed E-state index contributed by atoms with van der Waals surface area (Å²) in [6.07, 6.45) is 1.53. The number of phenols is 1. The van der Waals surface area contributed by atoms with Crippen LogP contribution < -0.4 is 10.2 Å². The zero-order valence-corrected chi connectivity index (χ0v) is 15.1. The molecule has 0 heterocycles. The van der Waals surface area contributed by atoms with Crippen molar-refractivity contribution in [2.45, 2.75) is 6.61 Å². The average Bonchev–Trinajstić information content (AvgIpc) is 2.68. The van der Waals surface area contributed by atoms with E-state index in [2.05, 4.69) is 10.5 Å². The molecule has 2 N–H and O–H groups in total. The predicted molar refractivity (Wildman–Crippen MR) is 105 cm³/mol. The van der Waals surface area contributed by atoms with E-state index in [0.717, 1.165) is 11.1 Å². The summed E-state index contributed by atoms with van der Waals surface area (Å²) in [6.45, 7) is 0.359. The normalized spacial score (nSPS) is 10.7. The third-order valence-electron chi connectivity index (χ3n) is 3.72. The second-order valence-corrected chi connectivity index (χ2v) is 6.11. The van der Waals surface area contributed by atoms with Gasteiger partial charge in [-0.25, -0.2) is 5.43 Å². The molecule has 0 unspecified atom stereocenters. The van der Waals surface area contributed by atoms with Gasteiger partial charge in [-0.2, -0.15) is 5.10 Å². The number of hydrogen-bond donors (Lipinski definition) is 2. The lowest BCUT2D eigenvalue weighted by molar-refractivity contribution is 0.0955. The van der Waals surface area contributed by atoms with Gasteiger partial charge >= 0.3 is 0 Å². The average molecular weight is 381 g/mol. The van der Waals surface area contributed by atoms with Gasteiger partial charge in [0.2, 0.25) is 0 Å². The van der Waals surface area contributed by atoms with Gasteiger partial charge in [0.15, 0.2) is 0 Å². The molecule has 0 spiro atoms. The molecule has 0 radical (unpaired) electrons. The first-order valence-electron chi connectivity index (χ1n) is 8.20. The molecule has 0 saturated carbocycles. The van der Waals surface area contributed by atoms with Crippen LogP contribution in [0.4, 0.5) is 0 Å². The third-order valence-corrected chi connectivity index (χ3v) is 4.09. The Bertz CT molecular complexity index is 956. The van der Waals surface area contributed by atoms with Gasteiger partial charge in [0.05, 0.1) is 6.21 Å². The van der Waals surface area contributed by atoms with E-state index in [9.17, 15) is 9.90 Å². The number of aromatic hydroxyl groups is 1. The largest absolute Gasteiger partial charge is 0.508 e. The van der Waals surface area contributed by atoms with Crippen LogP contribution in [0.5, 0.6) is 11.5 Å². The highest BCUT2D eigenvalue weighted by molar-refractivity contribution is 6.31. The first-order valence-corrected chi connectivity index (χ1v) is 8.58. The second-order valence-electron chi connectivity index (χ2n) is 5.70. The number of nitrogens with one attached hydrogen (secondary N) is 1. The lowest BCUT2D eigenvalue weighted by Gasteiger charge is -2.08. The summed E-state index contributed by atoms with van der Waals surface area (Å²) >= 11 is 6.12. The van der Waals surface area contributed by atoms with Gasteiger partial charge in [-0.15, -0.1) is 0 Å². The molecule has 0 saturated heterocycles. The Morgan fingerprint density at radius 1 is 1.07 bits per heavy atom. The zero-order chi connectivity index (χ0) is 19.1. The van der Waals surface area contributed by atoms with Crippen molar-refractivity contribution in [1.29, 1.82) is 0 Å². The van der Waals surface area contributed by atoms with Gasteiger partial charge in [0.25, 0.3) is 5.91 Å². The highest BCUT2D eigenvalue weighted by Gasteiger charge is 2.04. The number of carbonyl (C=O) groups excluding carboxylic acids is 1. The van der Waals surface area contributed by atoms with Crippen molar-refractivity contribution >= 4 is 23.7 Å². The molecule has 0 aromatic heterocycles. The Kier molecular flexibility index (Phi) is 6.07. The number of halogens is 1. The molecule has 0 atom stereocenters. The summed E-state index contributed by atoms with van der Waals surface area (Å²) in [7, 11) is 0. The summed E-state index contributed by atoms with van der Waals surface area (Å²) in [5.74, 6) is 0.407. The number of rotatable bonds is 6. The van der Waals surface area contributed by atoms with E-state index >= 15 is 0 Å². The number of phenolic OH excluding ortho intramolecular Hbond substituents is 1. The van der Waals surface area contributed by atoms with E-state index < -0.39 is 0 Å². The Balaban J connectivity index is 1.58. The van der Waals surface area contributed by atoms with Crippen LogP contribution in [0.1, 0.15) is 21.5 Å². The fraction of sp³-hybridized carbons (Fsp3) is 0.0476. The zero-order valence-electron chi connectivity index (χ0n) is 14.3. The molecule has 3 rings (SSSR count). The van der Waals surface area contributed by atoms with Crippen molar-refractivity contribution in [2.75, 3.05) is 0 Å². The van der Waals surface area contributed by atoms with Crippen LogP contribution in [0.2, 0.25) is 5.02 Å². The van der Waals surface area contributed by atoms with Crippen LogP contribution in [0.3, 0.4) is 0 Å². The maximum atomic E-state index is 12.0. The first kappa shape index (κ1) is 18.5. The predicted octanol–water partition coefficient (Wildman–Crippen LogP) is 4.39. The highest BCUT2D eigenvalue weighted by Crippen LogP contribution is 2.19. The van der Waals surface area contributed by atoms with Crippen LogP contribution in [0.25, 0.3) is 0 Å². The van der Waals surface area contributed by atoms with Crippen LogP contribution >= 0.6 is 11.6 Å². The summed E-state index contributed by atoms with van der Waals surface area (Å²) in [6, 6.07) is 20.8. The molecule has 3 aromatic carbocycles. The number of nitrogens with zero attached hydrogens (tertiary/aromatic N) is 1. The van der Waals surface area contributed by atoms with Gasteiger partial charge in [-0.1, -0.05) is 41.9 Å². The second kappa shape index (κ2) is 8.87. The Labute approximate surface area is 161 Å². The molecule has 0 aliphatic carbocycles. The molecule has 27 heavy (non-hydrogen) atoms. The molecule has 6 heteroatoms. The lowest BCUT2D eigenvalue weighted by Crippen LogP contribution is -2.17. The van der Waals surface area contributed by atoms with Crippen LogP contribution in [-0.2, 0) is 6.61 Å². The highest BCUT2D eigenvalue weighted by atomic mass is 35.5. The molecule has 0 fully saturated rings. The molecular formula is C21H17ClN2O3. The van der Waals surface area contributed by atoms with Crippen molar-refractivity contribution in [2.24, 2.45) is 5.10 Å². The fourth-order valence-electron chi connectivity index (χ4n) is 2.30. The quantitative estimate of drug-likeness (QED) is 0.492. The number of carbonyl (C=O) groups is 1. The fourth-order valence-corrected chi connectivity index (χ4v) is 2.49. The number of hydrogen-bond acceptors (Lipinski definition) is 4. The molecular weight excluding hydrogens is 364 g/mol. The molecule has 0 bridgehead atoms. The van der Waals surface area contributed by atoms with Crippen molar-refractivity contribution < 1.29 is 14.6 Å². The molecule has 0 aliphatic rings. The summed E-state index contributed by atoms with van der Waals surface area (Å²) in [5.41, 5.74) is 4.52. The van der Waals surface area contributed by atoms with Gasteiger partial charge in [-0.05, 0) is 48.0 Å². The summed E-state index contributed by atoms with van der Waals surface area (Å²) in [4.78, 5) is 12.0. The SMILES string of the molecule is O=C(N/N=C\c1cccc(OCc2ccccc2Cl)c1)c1ccc(O)cc1. The van der Waals surface area contributed by atoms with E-state index in [4.69, 9.17) is 16.3 Å². The van der Waals surface area contributed by atoms with Crippen LogP contribution in [0, 0.1) is 0 Å². The van der Waals surface area contributed by atoms with E-state index in [1.807, 2.05) is 48.5 Å². The molecule has 5 nitrogen and oxygen atoms in total. The van der Waals surface area contributed by atoms with E-state index in [1.165, 1.54) is 30.5 Å². The lowest BCUT2D eigenvalue weighted by atomic mass is 10.2. The van der Waals surface area contributed by atoms with Gasteiger partial charge in [-0.3, -0.25) is 4.79 Å². The molecule has 3 aromatic rings. The maximum Gasteiger partial charge on any atom is 0.271 e. The number of benzene rings is 3. The van der Waals surface area contributed by atoms with Crippen molar-refractivity contribution in [1.82, 2.24) is 5.43 Å². The molecule has 0 aliphatic heterocycles. The van der Waals surface area contributed by atoms with Gasteiger partial charge in [0.1, 0.15) is 18.1 Å². The maximum absolute atomic E-state index is 12.0. The van der Waals surface area contributed by atoms with E-state index in [-0.39, 0.29) is 11.7 Å². The van der Waals surface area contributed by atoms with Gasteiger partial charge in [0, 0.05) is 16.1 Å². The number of hydrazone groups is 1. The van der Waals surface area contributed by atoms with E-state index in [0.29, 0.717) is 22.9 Å². The minimum Gasteiger partial charge on any atom is -0.508 e. The Morgan fingerprint density at radius 2 is 1.85 bits per heavy atom. The standard InChI is InChI=1S/C21H17ClN2O3/c22-20-7-2-1-5-17(20)14-27-19-6-3-4-15(12-19)13-23-24-21(26)16-8-10-18(25)11-9-16/h1-13,25H,14H2,(H,24,26)/b23-13-. The summed E-state index contributed by atoms with van der Waals surface area (Å²) in [5, 5.41) is 13.8. The monoisotopic (exact) mass is 380 g/mol. The minimum absolute atomic E-state index is 0.101. The Morgan fingerprint density at radius 3 is 2.63 bits per heavy atom. The van der Waals surface area contributed by atoms with E-state index in [1.54, 1.807) is 0 Å². The smallest absolute Gasteiger partial charge is 0.271 e. The number of amides is 1. The van der Waals surface area contributed by atoms with Crippen molar-refractivity contribution in [3.63, 3.8) is 0 Å².